The van der Waals surface area contributed by atoms with Gasteiger partial charge in [0.05, 0.1) is 0 Å². The summed E-state index contributed by atoms with van der Waals surface area (Å²) in [6.07, 6.45) is -2.94. The van der Waals surface area contributed by atoms with Crippen molar-refractivity contribution in [1.82, 2.24) is 0 Å². The van der Waals surface area contributed by atoms with Crippen LogP contribution < -0.4 is 0 Å². The van der Waals surface area contributed by atoms with Gasteiger partial charge in [0.25, 0.3) is 0 Å². The molecule has 0 radical (unpaired) electrons. The fourth-order valence-corrected chi connectivity index (χ4v) is 2.31. The van der Waals surface area contributed by atoms with Crippen molar-refractivity contribution >= 4 is 34.9 Å². The fourth-order valence-electron chi connectivity index (χ4n) is 2.31. The van der Waals surface area contributed by atoms with Crippen molar-refractivity contribution in [3.8, 4) is 0 Å². The van der Waals surface area contributed by atoms with Gasteiger partial charge in [0.2, 0.25) is 17.0 Å². The summed E-state index contributed by atoms with van der Waals surface area (Å²) >= 11 is 0. The fraction of sp³-hybridized carbons (Fsp3) is 0.625. The van der Waals surface area contributed by atoms with Crippen molar-refractivity contribution in [3.05, 3.63) is 0 Å². The van der Waals surface area contributed by atoms with Crippen LogP contribution in [0.5, 0.6) is 0 Å². The molecule has 0 aliphatic carbocycles. The summed E-state index contributed by atoms with van der Waals surface area (Å²) in [7, 11) is 0. The second-order valence-corrected chi connectivity index (χ2v) is 5.41. The number of carbonyl (C=O) groups is 6. The van der Waals surface area contributed by atoms with E-state index in [1.54, 1.807) is 0 Å². The maximum absolute atomic E-state index is 12.5. The van der Waals surface area contributed by atoms with Crippen LogP contribution in [-0.4, -0.2) is 84.8 Å². The molecule has 0 saturated carbocycles. The lowest BCUT2D eigenvalue weighted by Crippen LogP contribution is -2.81. The molecule has 0 unspecified atom stereocenters. The van der Waals surface area contributed by atoms with Crippen molar-refractivity contribution in [3.63, 3.8) is 0 Å². The highest BCUT2D eigenvalue weighted by atomic mass is 16.5. The third-order valence-electron chi connectivity index (χ3n) is 3.77. The number of aliphatic hydroxyl groups is 4. The number of esters is 1. The summed E-state index contributed by atoms with van der Waals surface area (Å²) in [5, 5.41) is 43.2. The normalized spacial score (nSPS) is 21.3. The number of carbonyl (C=O) groups excluding carboxylic acids is 6. The number of aliphatic hydroxyl groups excluding tert-OH is 1. The molecule has 0 aromatic rings. The second kappa shape index (κ2) is 8.13. The molecule has 11 nitrogen and oxygen atoms in total. The molecule has 11 heteroatoms. The zero-order valence-electron chi connectivity index (χ0n) is 19.0. The van der Waals surface area contributed by atoms with Gasteiger partial charge in [-0.2, -0.15) is 0 Å². The largest absolute Gasteiger partial charge is 0.463 e. The molecular weight excluding hydrogens is 368 g/mol. The Morgan fingerprint density at radius 3 is 1.89 bits per heavy atom. The Hall–Kier alpha value is -2.34. The van der Waals surface area contributed by atoms with Crippen molar-refractivity contribution in [2.45, 2.75) is 57.4 Å². The van der Waals surface area contributed by atoms with E-state index in [9.17, 15) is 49.2 Å². The van der Waals surface area contributed by atoms with E-state index in [0.717, 1.165) is 0 Å². The maximum atomic E-state index is 12.5. The Morgan fingerprint density at radius 2 is 1.44 bits per heavy atom. The highest BCUT2D eigenvalue weighted by Crippen LogP contribution is 2.39. The molecule has 0 aromatic heterocycles. The molecule has 4 atom stereocenters. The first kappa shape index (κ1) is 16.8. The van der Waals surface area contributed by atoms with E-state index in [1.807, 2.05) is 0 Å². The summed E-state index contributed by atoms with van der Waals surface area (Å²) in [4.78, 5) is 72.8. The number of hydrogen-bond donors (Lipinski definition) is 4. The predicted molar refractivity (Wildman–Crippen MR) is 85.2 cm³/mol. The van der Waals surface area contributed by atoms with E-state index in [0.29, 0.717) is 0 Å². The molecule has 0 spiro atoms. The lowest BCUT2D eigenvalue weighted by atomic mass is 9.61. The molecule has 152 valence electrons. The molecule has 0 saturated heterocycles. The van der Waals surface area contributed by atoms with Crippen molar-refractivity contribution in [2.24, 2.45) is 0 Å². The molecule has 0 amide bonds. The van der Waals surface area contributed by atoms with E-state index >= 15 is 0 Å². The number of Topliss-reactive ketones (excluding diaryl/α,β-unsaturated/α-hetero) is 5. The molecule has 0 fully saturated rings. The Labute approximate surface area is 160 Å². The van der Waals surface area contributed by atoms with Gasteiger partial charge in [-0.1, -0.05) is 0 Å². The Balaban J connectivity index is 7.32. The summed E-state index contributed by atoms with van der Waals surface area (Å²) in [5.74, 6) is -12.0. The Morgan fingerprint density at radius 1 is 0.889 bits per heavy atom. The minimum Gasteiger partial charge on any atom is -0.463 e. The molecular formula is C16H22O11. The number of ketones is 5. The van der Waals surface area contributed by atoms with E-state index in [1.165, 1.54) is 0 Å². The van der Waals surface area contributed by atoms with Crippen molar-refractivity contribution < 1.29 is 60.8 Å². The molecule has 0 rings (SSSR count). The van der Waals surface area contributed by atoms with Gasteiger partial charge in [0.1, 0.15) is 12.7 Å². The van der Waals surface area contributed by atoms with Crippen LogP contribution in [-0.2, 0) is 33.5 Å². The summed E-state index contributed by atoms with van der Waals surface area (Å²) < 4.78 is 39.5. The van der Waals surface area contributed by atoms with Crippen LogP contribution >= 0.6 is 0 Å². The zero-order chi connectivity index (χ0) is 25.5. The van der Waals surface area contributed by atoms with Gasteiger partial charge in [-0.05, 0) is 20.7 Å². The van der Waals surface area contributed by atoms with Crippen molar-refractivity contribution in [1.29, 1.82) is 0 Å². The monoisotopic (exact) mass is 395 g/mol. The minimum absolute atomic E-state index is 1.02. The van der Waals surface area contributed by atoms with Crippen LogP contribution in [0.2, 0.25) is 0 Å². The molecule has 0 aromatic carbocycles. The lowest BCUT2D eigenvalue weighted by Gasteiger charge is -2.48. The average molecular weight is 395 g/mol. The molecule has 0 aliphatic heterocycles. The standard InChI is InChI=1S/C16H22O11/c1-7(17)13(23)15(25,9(3)19)16(26,10(4)20)14(24,8(2)18)12(22)6-27-11(5)21/h12,22,24-26H,6H2,1-5H3/t12-,14-,15-,16+/m1/s1/i1D,2D,3D,4D,5D. The first-order valence-electron chi connectivity index (χ1n) is 10.4. The van der Waals surface area contributed by atoms with Gasteiger partial charge in [0.15, 0.2) is 28.7 Å². The Kier molecular flexibility index (Phi) is 5.06. The van der Waals surface area contributed by atoms with Crippen LogP contribution in [0, 0.1) is 0 Å². The summed E-state index contributed by atoms with van der Waals surface area (Å²) in [5.41, 5.74) is -13.2. The lowest BCUT2D eigenvalue weighted by molar-refractivity contribution is -0.247. The van der Waals surface area contributed by atoms with E-state index in [2.05, 4.69) is 4.74 Å². The van der Waals surface area contributed by atoms with Crippen LogP contribution in [0.4, 0.5) is 0 Å². The second-order valence-electron chi connectivity index (χ2n) is 5.41. The average Bonchev–Trinajstić information content (AvgIpc) is 2.82. The van der Waals surface area contributed by atoms with E-state index in [-0.39, 0.29) is 0 Å². The van der Waals surface area contributed by atoms with E-state index < -0.39 is 98.9 Å². The number of hydrogen-bond acceptors (Lipinski definition) is 11. The third kappa shape index (κ3) is 3.72. The first-order chi connectivity index (χ1) is 14.7. The van der Waals surface area contributed by atoms with Gasteiger partial charge in [-0.3, -0.25) is 28.8 Å². The maximum Gasteiger partial charge on any atom is 0.302 e. The molecule has 0 bridgehead atoms. The summed E-state index contributed by atoms with van der Waals surface area (Å²) in [6.45, 7) is -8.81. The number of ether oxygens (including phenoxy) is 1. The van der Waals surface area contributed by atoms with Crippen LogP contribution in [0.15, 0.2) is 0 Å². The van der Waals surface area contributed by atoms with Crippen molar-refractivity contribution in [2.75, 3.05) is 6.61 Å². The highest BCUT2D eigenvalue weighted by Gasteiger charge is 2.74. The van der Waals surface area contributed by atoms with Gasteiger partial charge in [0, 0.05) is 20.7 Å². The van der Waals surface area contributed by atoms with Gasteiger partial charge >= 0.3 is 5.97 Å². The van der Waals surface area contributed by atoms with Crippen LogP contribution in [0.3, 0.4) is 0 Å². The molecule has 0 aliphatic rings. The highest BCUT2D eigenvalue weighted by molar-refractivity contribution is 6.45. The smallest absolute Gasteiger partial charge is 0.302 e. The Bertz CT molecular complexity index is 790. The summed E-state index contributed by atoms with van der Waals surface area (Å²) in [6, 6.07) is 0. The topological polar surface area (TPSA) is 193 Å². The SMILES string of the molecule is [2H]CC(=O)OC[C@@H](O)[C@](O)(C(=O)C[2H])[C@@](O)(C(=O)C[2H])[C@@](O)(C(=O)C[2H])C(=O)C(=O)C[2H]. The van der Waals surface area contributed by atoms with Gasteiger partial charge in [-0.15, -0.1) is 0 Å². The predicted octanol–water partition coefficient (Wildman–Crippen LogP) is -2.97. The van der Waals surface area contributed by atoms with Crippen LogP contribution in [0.1, 0.15) is 41.4 Å². The molecule has 0 heterocycles. The van der Waals surface area contributed by atoms with Gasteiger partial charge < -0.3 is 25.2 Å². The van der Waals surface area contributed by atoms with E-state index in [4.69, 9.17) is 6.85 Å². The quantitative estimate of drug-likeness (QED) is 0.168. The van der Waals surface area contributed by atoms with Crippen LogP contribution in [0.25, 0.3) is 0 Å². The number of rotatable bonds is 10. The molecule has 27 heavy (non-hydrogen) atoms. The minimum atomic E-state index is -4.52. The van der Waals surface area contributed by atoms with Gasteiger partial charge in [-0.25, -0.2) is 0 Å². The zero-order valence-corrected chi connectivity index (χ0v) is 14.0. The molecule has 4 N–H and O–H groups in total. The first-order valence-corrected chi connectivity index (χ1v) is 6.86. The third-order valence-corrected chi connectivity index (χ3v) is 3.77.